The molecule has 0 spiro atoms. The van der Waals surface area contributed by atoms with Crippen LogP contribution in [-0.2, 0) is 0 Å². The molecule has 5 nitrogen and oxygen atoms in total. The second kappa shape index (κ2) is 5.14. The van der Waals surface area contributed by atoms with Crippen LogP contribution in [0.15, 0.2) is 18.3 Å². The summed E-state index contributed by atoms with van der Waals surface area (Å²) in [6, 6.07) is 2.88. The Balaban J connectivity index is 2.62. The van der Waals surface area contributed by atoms with E-state index in [1.165, 1.54) is 30.1 Å². The maximum absolute atomic E-state index is 11.3. The Hall–Kier alpha value is -1.30. The van der Waals surface area contributed by atoms with Crippen LogP contribution in [0.3, 0.4) is 0 Å². The fourth-order valence-corrected chi connectivity index (χ4v) is 1.92. The number of halogens is 3. The average Bonchev–Trinajstić information content (AvgIpc) is 2.73. The lowest BCUT2D eigenvalue weighted by molar-refractivity contribution is 0.107. The fourth-order valence-electron chi connectivity index (χ4n) is 1.32. The van der Waals surface area contributed by atoms with Crippen molar-refractivity contribution in [3.8, 4) is 11.7 Å². The second-order valence-electron chi connectivity index (χ2n) is 3.22. The molecule has 0 aliphatic rings. The largest absolute Gasteiger partial charge is 0.480 e. The highest BCUT2D eigenvalue weighted by Gasteiger charge is 2.18. The summed E-state index contributed by atoms with van der Waals surface area (Å²) in [7, 11) is 1.42. The summed E-state index contributed by atoms with van der Waals surface area (Å²) in [5, 5.41) is 3.93. The number of methoxy groups -OCH3 is 1. The molecular weight excluding hydrogens is 300 g/mol. The molecule has 0 aliphatic heterocycles. The zero-order valence-corrected chi connectivity index (χ0v) is 11.3. The molecule has 0 radical (unpaired) electrons. The molecule has 0 unspecified atom stereocenters. The number of carbonyl (C=O) groups excluding carboxylic acids is 1. The van der Waals surface area contributed by atoms with Crippen LogP contribution in [0.5, 0.6) is 5.88 Å². The average molecular weight is 307 g/mol. The topological polar surface area (TPSA) is 57.0 Å². The first kappa shape index (κ1) is 13.1. The van der Waals surface area contributed by atoms with Gasteiger partial charge in [0.05, 0.1) is 17.2 Å². The van der Waals surface area contributed by atoms with E-state index in [4.69, 9.17) is 39.5 Å². The molecule has 0 N–H and O–H groups in total. The van der Waals surface area contributed by atoms with E-state index >= 15 is 0 Å². The van der Waals surface area contributed by atoms with E-state index in [0.29, 0.717) is 5.02 Å². The molecule has 18 heavy (non-hydrogen) atoms. The first-order valence-electron chi connectivity index (χ1n) is 4.68. The van der Waals surface area contributed by atoms with Crippen LogP contribution in [0.2, 0.25) is 10.0 Å². The van der Waals surface area contributed by atoms with Crippen molar-refractivity contribution in [1.29, 1.82) is 0 Å². The molecule has 0 fully saturated rings. The molecule has 2 heterocycles. The molecule has 0 bridgehead atoms. The molecule has 0 amide bonds. The number of rotatable bonds is 3. The summed E-state index contributed by atoms with van der Waals surface area (Å²) in [5.74, 6) is 0.472. The van der Waals surface area contributed by atoms with Crippen LogP contribution in [-0.4, -0.2) is 27.1 Å². The van der Waals surface area contributed by atoms with E-state index in [0.717, 1.165) is 0 Å². The molecule has 94 valence electrons. The van der Waals surface area contributed by atoms with Crippen molar-refractivity contribution in [2.75, 3.05) is 7.11 Å². The smallest absolute Gasteiger partial charge is 0.271 e. The first-order valence-corrected chi connectivity index (χ1v) is 5.81. The zero-order valence-electron chi connectivity index (χ0n) is 9.02. The van der Waals surface area contributed by atoms with Crippen molar-refractivity contribution in [3.63, 3.8) is 0 Å². The van der Waals surface area contributed by atoms with E-state index in [1.54, 1.807) is 0 Å². The van der Waals surface area contributed by atoms with E-state index in [1.807, 2.05) is 0 Å². The Kier molecular flexibility index (Phi) is 3.75. The van der Waals surface area contributed by atoms with Gasteiger partial charge in [0.15, 0.2) is 5.82 Å². The third-order valence-electron chi connectivity index (χ3n) is 2.09. The maximum Gasteiger partial charge on any atom is 0.271 e. The molecule has 0 saturated heterocycles. The Morgan fingerprint density at radius 3 is 2.67 bits per heavy atom. The van der Waals surface area contributed by atoms with Crippen molar-refractivity contribution in [2.24, 2.45) is 0 Å². The molecule has 2 aromatic rings. The molecular formula is C10H6Cl3N3O2. The van der Waals surface area contributed by atoms with Crippen molar-refractivity contribution in [1.82, 2.24) is 14.8 Å². The van der Waals surface area contributed by atoms with Gasteiger partial charge < -0.3 is 4.74 Å². The standard InChI is InChI=1S/C10H6Cl3N3O2/c1-18-8-3-7(9(13)17)16(15-8)10-6(12)2-5(11)4-14-10/h2-4H,1H3. The number of nitrogens with zero attached hydrogens (tertiary/aromatic N) is 3. The molecule has 0 aliphatic carbocycles. The normalized spacial score (nSPS) is 10.4. The van der Waals surface area contributed by atoms with Crippen LogP contribution in [0.4, 0.5) is 0 Å². The van der Waals surface area contributed by atoms with Gasteiger partial charge in [-0.15, -0.1) is 5.10 Å². The summed E-state index contributed by atoms with van der Waals surface area (Å²) < 4.78 is 6.13. The summed E-state index contributed by atoms with van der Waals surface area (Å²) in [6.07, 6.45) is 1.39. The number of hydrogen-bond acceptors (Lipinski definition) is 4. The van der Waals surface area contributed by atoms with E-state index < -0.39 is 5.24 Å². The number of pyridine rings is 1. The number of carbonyl (C=O) groups is 1. The summed E-state index contributed by atoms with van der Waals surface area (Å²) in [6.45, 7) is 0. The molecule has 8 heteroatoms. The molecule has 2 aromatic heterocycles. The van der Waals surface area contributed by atoms with Gasteiger partial charge in [0.2, 0.25) is 5.88 Å². The maximum atomic E-state index is 11.3. The van der Waals surface area contributed by atoms with Gasteiger partial charge in [-0.05, 0) is 17.7 Å². The third kappa shape index (κ3) is 2.43. The Labute approximate surface area is 117 Å². The fraction of sp³-hybridized carbons (Fsp3) is 0.100. The lowest BCUT2D eigenvalue weighted by Crippen LogP contribution is -2.07. The first-order chi connectivity index (χ1) is 8.52. The third-order valence-corrected chi connectivity index (χ3v) is 2.76. The lowest BCUT2D eigenvalue weighted by Gasteiger charge is -2.05. The summed E-state index contributed by atoms with van der Waals surface area (Å²) in [5.41, 5.74) is 0.102. The SMILES string of the molecule is COc1cc(C(=O)Cl)n(-c2ncc(Cl)cc2Cl)n1. The summed E-state index contributed by atoms with van der Waals surface area (Å²) in [4.78, 5) is 15.3. The predicted molar refractivity (Wildman–Crippen MR) is 68.1 cm³/mol. The van der Waals surface area contributed by atoms with E-state index in [-0.39, 0.29) is 22.4 Å². The van der Waals surface area contributed by atoms with Crippen LogP contribution in [0.25, 0.3) is 5.82 Å². The van der Waals surface area contributed by atoms with Gasteiger partial charge in [0, 0.05) is 12.3 Å². The summed E-state index contributed by atoms with van der Waals surface area (Å²) >= 11 is 17.2. The van der Waals surface area contributed by atoms with Gasteiger partial charge in [-0.3, -0.25) is 4.79 Å². The minimum atomic E-state index is -0.696. The Morgan fingerprint density at radius 2 is 2.11 bits per heavy atom. The van der Waals surface area contributed by atoms with Gasteiger partial charge in [-0.1, -0.05) is 23.2 Å². The zero-order chi connectivity index (χ0) is 13.3. The highest BCUT2D eigenvalue weighted by atomic mass is 35.5. The molecule has 0 saturated carbocycles. The van der Waals surface area contributed by atoms with Gasteiger partial charge in [0.1, 0.15) is 5.69 Å². The van der Waals surface area contributed by atoms with Gasteiger partial charge >= 0.3 is 0 Å². The number of hydrogen-bond donors (Lipinski definition) is 0. The van der Waals surface area contributed by atoms with Crippen molar-refractivity contribution >= 4 is 40.0 Å². The van der Waals surface area contributed by atoms with E-state index in [9.17, 15) is 4.79 Å². The predicted octanol–water partition coefficient (Wildman–Crippen LogP) is 2.96. The van der Waals surface area contributed by atoms with Crippen molar-refractivity contribution in [3.05, 3.63) is 34.1 Å². The van der Waals surface area contributed by atoms with Gasteiger partial charge in [0.25, 0.3) is 5.24 Å². The Bertz CT molecular complexity index is 612. The quantitative estimate of drug-likeness (QED) is 0.818. The van der Waals surface area contributed by atoms with Crippen molar-refractivity contribution < 1.29 is 9.53 Å². The molecule has 0 aromatic carbocycles. The lowest BCUT2D eigenvalue weighted by atomic mass is 10.4. The van der Waals surface area contributed by atoms with E-state index in [2.05, 4.69) is 10.1 Å². The number of ether oxygens (including phenoxy) is 1. The minimum absolute atomic E-state index is 0.102. The van der Waals surface area contributed by atoms with Crippen LogP contribution < -0.4 is 4.74 Å². The monoisotopic (exact) mass is 305 g/mol. The van der Waals surface area contributed by atoms with Crippen LogP contribution >= 0.6 is 34.8 Å². The number of aromatic nitrogens is 3. The minimum Gasteiger partial charge on any atom is -0.480 e. The van der Waals surface area contributed by atoms with Crippen LogP contribution in [0.1, 0.15) is 10.5 Å². The highest BCUT2D eigenvalue weighted by Crippen LogP contribution is 2.25. The molecule has 2 rings (SSSR count). The van der Waals surface area contributed by atoms with Gasteiger partial charge in [-0.2, -0.15) is 0 Å². The van der Waals surface area contributed by atoms with Crippen molar-refractivity contribution in [2.45, 2.75) is 0 Å². The van der Waals surface area contributed by atoms with Gasteiger partial charge in [-0.25, -0.2) is 9.67 Å². The second-order valence-corrected chi connectivity index (χ2v) is 4.40. The highest BCUT2D eigenvalue weighted by molar-refractivity contribution is 6.67. The Morgan fingerprint density at radius 1 is 1.39 bits per heavy atom. The molecule has 0 atom stereocenters. The van der Waals surface area contributed by atoms with Crippen LogP contribution in [0, 0.1) is 0 Å².